The van der Waals surface area contributed by atoms with Crippen LogP contribution in [0.3, 0.4) is 0 Å². The SMILES string of the molecule is C=C1CC[C@H](C(C[N+](C)(C)C)OP(=O)([O-])O)C/C1=C/C=C1\CCC[C@]2(C)[C@@H]([C@H](C)CCCC(C)(C)O)CC[C@@H]12. The normalized spacial score (nSPS) is 33.7. The fourth-order valence-corrected chi connectivity index (χ4v) is 8.59. The van der Waals surface area contributed by atoms with Crippen molar-refractivity contribution < 1.29 is 28.5 Å². The second-order valence-electron chi connectivity index (χ2n) is 14.9. The lowest BCUT2D eigenvalue weighted by Gasteiger charge is -2.44. The summed E-state index contributed by atoms with van der Waals surface area (Å²) in [6.07, 6.45) is 15.7. The Morgan fingerprint density at radius 3 is 2.54 bits per heavy atom. The first-order valence-corrected chi connectivity index (χ1v) is 16.7. The summed E-state index contributed by atoms with van der Waals surface area (Å²) in [5, 5.41) is 10.1. The fourth-order valence-electron chi connectivity index (χ4n) is 8.01. The molecule has 3 rings (SSSR count). The Balaban J connectivity index is 1.74. The van der Waals surface area contributed by atoms with Crippen molar-refractivity contribution in [3.8, 4) is 0 Å². The van der Waals surface area contributed by atoms with Crippen LogP contribution in [-0.4, -0.2) is 53.9 Å². The third kappa shape index (κ3) is 9.38. The van der Waals surface area contributed by atoms with Crippen LogP contribution >= 0.6 is 7.82 Å². The van der Waals surface area contributed by atoms with Crippen LogP contribution in [0.15, 0.2) is 35.5 Å². The molecule has 0 aliphatic heterocycles. The third-order valence-electron chi connectivity index (χ3n) is 9.95. The molecule has 0 saturated heterocycles. The first-order valence-electron chi connectivity index (χ1n) is 15.2. The number of phosphoric acid groups is 1. The maximum absolute atomic E-state index is 11.7. The number of likely N-dealkylation sites (N-methyl/N-ethyl adjacent to an activating group) is 1. The van der Waals surface area contributed by atoms with Crippen LogP contribution in [0, 0.1) is 29.1 Å². The zero-order chi connectivity index (χ0) is 29.2. The summed E-state index contributed by atoms with van der Waals surface area (Å²) < 4.78 is 17.5. The largest absolute Gasteiger partial charge is 0.756 e. The van der Waals surface area contributed by atoms with E-state index >= 15 is 0 Å². The van der Waals surface area contributed by atoms with Crippen molar-refractivity contribution in [3.63, 3.8) is 0 Å². The van der Waals surface area contributed by atoms with Gasteiger partial charge in [-0.05, 0) is 106 Å². The molecule has 39 heavy (non-hydrogen) atoms. The summed E-state index contributed by atoms with van der Waals surface area (Å²) >= 11 is 0. The third-order valence-corrected chi connectivity index (χ3v) is 10.5. The standard InChI is InChI=1S/C32H56NO5P/c1-23-13-14-27(30(22-33(6,7)8)38-39(35,36)37)21-26(23)16-15-25-12-10-20-32(5)28(17-18-29(25)32)24(2)11-9-19-31(3,4)34/h15-16,24,27-30,34H,1,9-14,17-22H2,2-8H3,(H-,35,36,37)/b25-15+,26-16-/t24-,27+,28-,29+,30?,32-/m1/s1. The summed E-state index contributed by atoms with van der Waals surface area (Å²) in [7, 11) is 1.21. The monoisotopic (exact) mass is 565 g/mol. The minimum atomic E-state index is -4.82. The van der Waals surface area contributed by atoms with Gasteiger partial charge in [0.15, 0.2) is 0 Å². The van der Waals surface area contributed by atoms with Crippen molar-refractivity contribution in [1.82, 2.24) is 0 Å². The zero-order valence-corrected chi connectivity index (χ0v) is 26.6. The number of nitrogens with zero attached hydrogens (tertiary/aromatic N) is 1. The van der Waals surface area contributed by atoms with Crippen LogP contribution in [0.4, 0.5) is 0 Å². The molecule has 2 unspecified atom stereocenters. The lowest BCUT2D eigenvalue weighted by molar-refractivity contribution is -0.873. The number of fused-ring (bicyclic) bond motifs is 1. The van der Waals surface area contributed by atoms with E-state index in [2.05, 4.69) is 32.6 Å². The maximum Gasteiger partial charge on any atom is 0.265 e. The van der Waals surface area contributed by atoms with E-state index in [4.69, 9.17) is 4.52 Å². The number of quaternary nitrogens is 1. The van der Waals surface area contributed by atoms with Gasteiger partial charge in [-0.25, -0.2) is 0 Å². The number of phosphoric ester groups is 1. The molecule has 3 aliphatic carbocycles. The lowest BCUT2D eigenvalue weighted by Crippen LogP contribution is -2.45. The second kappa shape index (κ2) is 12.6. The predicted molar refractivity (Wildman–Crippen MR) is 158 cm³/mol. The molecule has 0 heterocycles. The van der Waals surface area contributed by atoms with Crippen molar-refractivity contribution >= 4 is 7.82 Å². The topological polar surface area (TPSA) is 89.8 Å². The molecule has 3 aliphatic rings. The van der Waals surface area contributed by atoms with E-state index in [1.807, 2.05) is 35.0 Å². The number of hydrogen-bond donors (Lipinski definition) is 2. The van der Waals surface area contributed by atoms with E-state index < -0.39 is 19.5 Å². The van der Waals surface area contributed by atoms with Gasteiger partial charge >= 0.3 is 0 Å². The molecule has 224 valence electrons. The summed E-state index contributed by atoms with van der Waals surface area (Å²) in [5.74, 6) is 2.03. The van der Waals surface area contributed by atoms with Gasteiger partial charge in [0.1, 0.15) is 12.6 Å². The fraction of sp³-hybridized carbons (Fsp3) is 0.812. The van der Waals surface area contributed by atoms with Crippen LogP contribution in [0.5, 0.6) is 0 Å². The molecular weight excluding hydrogens is 509 g/mol. The Morgan fingerprint density at radius 2 is 1.92 bits per heavy atom. The van der Waals surface area contributed by atoms with Gasteiger partial charge in [0.2, 0.25) is 0 Å². The van der Waals surface area contributed by atoms with Gasteiger partial charge in [0.05, 0.1) is 26.7 Å². The molecule has 7 heteroatoms. The molecule has 6 nitrogen and oxygen atoms in total. The average Bonchev–Trinajstić information content (AvgIpc) is 3.13. The summed E-state index contributed by atoms with van der Waals surface area (Å²) in [6, 6.07) is 0. The van der Waals surface area contributed by atoms with Gasteiger partial charge in [-0.1, -0.05) is 56.6 Å². The molecular formula is C32H56NO5P. The van der Waals surface area contributed by atoms with Crippen molar-refractivity contribution in [1.29, 1.82) is 0 Å². The van der Waals surface area contributed by atoms with Crippen LogP contribution in [0.2, 0.25) is 0 Å². The Kier molecular flexibility index (Phi) is 10.6. The van der Waals surface area contributed by atoms with E-state index in [1.165, 1.54) is 37.7 Å². The van der Waals surface area contributed by atoms with Crippen LogP contribution in [0.1, 0.15) is 98.3 Å². The molecule has 2 N–H and O–H groups in total. The van der Waals surface area contributed by atoms with Gasteiger partial charge in [0, 0.05) is 0 Å². The quantitative estimate of drug-likeness (QED) is 0.219. The molecule has 0 aromatic rings. The molecule has 0 amide bonds. The number of rotatable bonds is 11. The molecule has 0 radical (unpaired) electrons. The Labute approximate surface area is 238 Å². The molecule has 0 bridgehead atoms. The number of aliphatic hydroxyl groups is 1. The Hall–Kier alpha value is -0.750. The van der Waals surface area contributed by atoms with Crippen LogP contribution in [-0.2, 0) is 9.09 Å². The minimum absolute atomic E-state index is 0.0177. The zero-order valence-electron chi connectivity index (χ0n) is 25.7. The Morgan fingerprint density at radius 1 is 1.23 bits per heavy atom. The highest BCUT2D eigenvalue weighted by Crippen LogP contribution is 2.60. The molecule has 0 aromatic heterocycles. The van der Waals surface area contributed by atoms with E-state index in [0.29, 0.717) is 28.3 Å². The smallest absolute Gasteiger partial charge is 0.265 e. The van der Waals surface area contributed by atoms with E-state index in [1.54, 1.807) is 5.57 Å². The Bertz CT molecular complexity index is 968. The van der Waals surface area contributed by atoms with Crippen molar-refractivity contribution in [3.05, 3.63) is 35.5 Å². The minimum Gasteiger partial charge on any atom is -0.756 e. The van der Waals surface area contributed by atoms with Gasteiger partial charge < -0.3 is 23.9 Å². The molecule has 0 spiro atoms. The van der Waals surface area contributed by atoms with Gasteiger partial charge in [-0.3, -0.25) is 4.57 Å². The summed E-state index contributed by atoms with van der Waals surface area (Å²) in [4.78, 5) is 21.1. The number of allylic oxidation sites excluding steroid dienone is 5. The molecule has 3 fully saturated rings. The van der Waals surface area contributed by atoms with Crippen molar-refractivity contribution in [2.75, 3.05) is 27.7 Å². The summed E-state index contributed by atoms with van der Waals surface area (Å²) in [6.45, 7) is 13.6. The highest BCUT2D eigenvalue weighted by Gasteiger charge is 2.50. The molecule has 0 aromatic carbocycles. The summed E-state index contributed by atoms with van der Waals surface area (Å²) in [5.41, 5.74) is 3.64. The second-order valence-corrected chi connectivity index (χ2v) is 16.1. The maximum atomic E-state index is 11.7. The van der Waals surface area contributed by atoms with Crippen molar-refractivity contribution in [2.45, 2.75) is 110 Å². The van der Waals surface area contributed by atoms with E-state index in [9.17, 15) is 19.5 Å². The predicted octanol–water partition coefficient (Wildman–Crippen LogP) is 6.54. The van der Waals surface area contributed by atoms with Gasteiger partial charge in [-0.15, -0.1) is 0 Å². The van der Waals surface area contributed by atoms with E-state index in [-0.39, 0.29) is 5.92 Å². The van der Waals surface area contributed by atoms with Gasteiger partial charge in [-0.2, -0.15) is 0 Å². The van der Waals surface area contributed by atoms with Crippen LogP contribution < -0.4 is 4.89 Å². The number of hydrogen-bond acceptors (Lipinski definition) is 4. The van der Waals surface area contributed by atoms with Gasteiger partial charge in [0.25, 0.3) is 7.82 Å². The molecule has 3 saturated carbocycles. The van der Waals surface area contributed by atoms with Crippen LogP contribution in [0.25, 0.3) is 0 Å². The molecule has 7 atom stereocenters. The van der Waals surface area contributed by atoms with Crippen molar-refractivity contribution in [2.24, 2.45) is 29.1 Å². The highest BCUT2D eigenvalue weighted by atomic mass is 31.2. The first kappa shape index (κ1) is 32.8. The highest BCUT2D eigenvalue weighted by molar-refractivity contribution is 7.44. The average molecular weight is 566 g/mol. The first-order chi connectivity index (χ1) is 17.9. The lowest BCUT2D eigenvalue weighted by atomic mass is 9.60. The van der Waals surface area contributed by atoms with E-state index in [0.717, 1.165) is 50.0 Å².